The predicted molar refractivity (Wildman–Crippen MR) is 112 cm³/mol. The summed E-state index contributed by atoms with van der Waals surface area (Å²) in [4.78, 5) is 4.50. The summed E-state index contributed by atoms with van der Waals surface area (Å²) in [7, 11) is 1.57. The van der Waals surface area contributed by atoms with Crippen molar-refractivity contribution < 1.29 is 4.74 Å². The number of nitrogens with one attached hydrogen (secondary N) is 1. The molecule has 0 atom stereocenters. The molecule has 0 saturated heterocycles. The summed E-state index contributed by atoms with van der Waals surface area (Å²) in [5.74, 6) is 0.567. The van der Waals surface area contributed by atoms with E-state index in [4.69, 9.17) is 22.1 Å². The Balaban J connectivity index is 1.95. The van der Waals surface area contributed by atoms with E-state index in [-0.39, 0.29) is 0 Å². The van der Waals surface area contributed by atoms with E-state index < -0.39 is 0 Å². The van der Waals surface area contributed by atoms with Crippen molar-refractivity contribution in [2.45, 2.75) is 6.92 Å². The highest BCUT2D eigenvalue weighted by Gasteiger charge is 2.16. The number of fused-ring (bicyclic) bond motifs is 3. The molecule has 2 aromatic carbocycles. The molecule has 7 heteroatoms. The van der Waals surface area contributed by atoms with E-state index in [1.165, 1.54) is 0 Å². The molecule has 0 bridgehead atoms. The van der Waals surface area contributed by atoms with Crippen LogP contribution in [0.25, 0.3) is 20.3 Å². The van der Waals surface area contributed by atoms with Crippen LogP contribution in [0.5, 0.6) is 5.75 Å². The molecule has 0 radical (unpaired) electrons. The van der Waals surface area contributed by atoms with E-state index in [0.29, 0.717) is 22.0 Å². The number of nitrogens with two attached hydrogens (primary N) is 1. The second kappa shape index (κ2) is 6.62. The number of nitrogen functional groups attached to an aromatic ring is 1. The van der Waals surface area contributed by atoms with Crippen LogP contribution in [-0.2, 0) is 0 Å². The van der Waals surface area contributed by atoms with Crippen molar-refractivity contribution in [1.29, 1.82) is 5.26 Å². The first-order chi connectivity index (χ1) is 13.0. The molecular weight excluding hydrogens is 380 g/mol. The van der Waals surface area contributed by atoms with Gasteiger partial charge >= 0.3 is 0 Å². The Bertz CT molecular complexity index is 1240. The van der Waals surface area contributed by atoms with Crippen LogP contribution in [0.15, 0.2) is 36.5 Å². The minimum absolute atomic E-state index is 0.468. The molecule has 2 aromatic heterocycles. The molecule has 0 unspecified atom stereocenters. The van der Waals surface area contributed by atoms with Crippen molar-refractivity contribution in [3.05, 3.63) is 52.7 Å². The number of hydrogen-bond donors (Lipinski definition) is 2. The Morgan fingerprint density at radius 2 is 2.11 bits per heavy atom. The molecule has 0 aliphatic heterocycles. The van der Waals surface area contributed by atoms with Crippen LogP contribution in [0.3, 0.4) is 0 Å². The first kappa shape index (κ1) is 17.4. The zero-order valence-corrected chi connectivity index (χ0v) is 16.2. The van der Waals surface area contributed by atoms with Crippen LogP contribution in [-0.4, -0.2) is 12.1 Å². The quantitative estimate of drug-likeness (QED) is 0.441. The van der Waals surface area contributed by atoms with Crippen molar-refractivity contribution in [2.24, 2.45) is 0 Å². The number of nitrogens with zero attached hydrogens (tertiary/aromatic N) is 2. The van der Waals surface area contributed by atoms with Crippen LogP contribution in [0.1, 0.15) is 11.1 Å². The maximum atomic E-state index is 9.60. The third-order valence-corrected chi connectivity index (χ3v) is 5.86. The van der Waals surface area contributed by atoms with Gasteiger partial charge in [-0.05, 0) is 36.8 Å². The van der Waals surface area contributed by atoms with E-state index in [1.54, 1.807) is 24.6 Å². The molecule has 0 spiro atoms. The Morgan fingerprint density at radius 1 is 1.30 bits per heavy atom. The summed E-state index contributed by atoms with van der Waals surface area (Å²) in [6.45, 7) is 1.95. The number of benzene rings is 2. The molecule has 2 heterocycles. The molecule has 0 amide bonds. The molecule has 4 aromatic rings. The molecular formula is C20H15ClN4OS. The molecule has 0 aliphatic carbocycles. The first-order valence-corrected chi connectivity index (χ1v) is 9.33. The lowest BCUT2D eigenvalue weighted by Crippen LogP contribution is -1.98. The molecule has 5 nitrogen and oxygen atoms in total. The van der Waals surface area contributed by atoms with Gasteiger partial charge < -0.3 is 15.8 Å². The average Bonchev–Trinajstić information content (AvgIpc) is 3.02. The smallest absolute Gasteiger partial charge is 0.139 e. The van der Waals surface area contributed by atoms with Gasteiger partial charge in [0.1, 0.15) is 11.8 Å². The van der Waals surface area contributed by atoms with E-state index in [1.807, 2.05) is 37.3 Å². The van der Waals surface area contributed by atoms with Crippen molar-refractivity contribution in [3.63, 3.8) is 0 Å². The highest BCUT2D eigenvalue weighted by molar-refractivity contribution is 7.26. The van der Waals surface area contributed by atoms with Crippen LogP contribution < -0.4 is 15.8 Å². The van der Waals surface area contributed by atoms with E-state index in [9.17, 15) is 5.26 Å². The van der Waals surface area contributed by atoms with Gasteiger partial charge in [0.25, 0.3) is 0 Å². The van der Waals surface area contributed by atoms with Gasteiger partial charge in [0.05, 0.1) is 33.6 Å². The number of pyridine rings is 1. The fraction of sp³-hybridized carbons (Fsp3) is 0.100. The number of rotatable bonds is 3. The number of hydrogen-bond acceptors (Lipinski definition) is 6. The van der Waals surface area contributed by atoms with Crippen LogP contribution >= 0.6 is 22.9 Å². The number of ether oxygens (including phenoxy) is 1. The van der Waals surface area contributed by atoms with E-state index in [2.05, 4.69) is 16.4 Å². The summed E-state index contributed by atoms with van der Waals surface area (Å²) < 4.78 is 7.29. The topological polar surface area (TPSA) is 84.0 Å². The normalized spacial score (nSPS) is 10.9. The van der Waals surface area contributed by atoms with Gasteiger partial charge in [0, 0.05) is 33.7 Å². The van der Waals surface area contributed by atoms with Crippen molar-refractivity contribution in [1.82, 2.24) is 4.98 Å². The molecule has 0 fully saturated rings. The standard InChI is InChI=1S/C20H15ClN4OS/c1-10-5-14(21)16(26-2)7-15(10)25-18-11(8-22)9-24-19-13-6-12(23)3-4-17(13)27-20(18)19/h3-7,9H,23H2,1-2H3,(H,24,25). The van der Waals surface area contributed by atoms with Crippen molar-refractivity contribution >= 4 is 60.3 Å². The summed E-state index contributed by atoms with van der Waals surface area (Å²) in [5.41, 5.74) is 10.4. The van der Waals surface area contributed by atoms with Gasteiger partial charge in [0.2, 0.25) is 0 Å². The molecule has 0 aliphatic rings. The molecule has 134 valence electrons. The second-order valence-corrected chi connectivity index (χ2v) is 7.58. The van der Waals surface area contributed by atoms with Crippen LogP contribution in [0.2, 0.25) is 5.02 Å². The summed E-state index contributed by atoms with van der Waals surface area (Å²) in [5, 5.41) is 14.5. The van der Waals surface area contributed by atoms with Gasteiger partial charge in [-0.1, -0.05) is 11.6 Å². The molecule has 27 heavy (non-hydrogen) atoms. The largest absolute Gasteiger partial charge is 0.495 e. The zero-order chi connectivity index (χ0) is 19.1. The molecule has 4 rings (SSSR count). The maximum Gasteiger partial charge on any atom is 0.139 e. The minimum Gasteiger partial charge on any atom is -0.495 e. The highest BCUT2D eigenvalue weighted by Crippen LogP contribution is 2.41. The number of halogens is 1. The third-order valence-electron chi connectivity index (χ3n) is 4.38. The Morgan fingerprint density at radius 3 is 2.85 bits per heavy atom. The number of thiophene rings is 1. The SMILES string of the molecule is COc1cc(Nc2c(C#N)cnc3c2sc2ccc(N)cc23)c(C)cc1Cl. The summed E-state index contributed by atoms with van der Waals surface area (Å²) >= 11 is 7.78. The number of methoxy groups -OCH3 is 1. The van der Waals surface area contributed by atoms with E-state index >= 15 is 0 Å². The van der Waals surface area contributed by atoms with Gasteiger partial charge in [0.15, 0.2) is 0 Å². The Labute approximate surface area is 165 Å². The summed E-state index contributed by atoms with van der Waals surface area (Å²) in [6, 6.07) is 11.6. The minimum atomic E-state index is 0.468. The van der Waals surface area contributed by atoms with Gasteiger partial charge in [-0.25, -0.2) is 0 Å². The van der Waals surface area contributed by atoms with Gasteiger partial charge in [-0.15, -0.1) is 11.3 Å². The molecule has 0 saturated carbocycles. The fourth-order valence-corrected chi connectivity index (χ4v) is 4.44. The number of nitriles is 1. The average molecular weight is 395 g/mol. The number of aryl methyl sites for hydroxylation is 1. The second-order valence-electron chi connectivity index (χ2n) is 6.12. The monoisotopic (exact) mass is 394 g/mol. The Hall–Kier alpha value is -3.01. The predicted octanol–water partition coefficient (Wildman–Crippen LogP) is 5.62. The summed E-state index contributed by atoms with van der Waals surface area (Å²) in [6.07, 6.45) is 1.59. The van der Waals surface area contributed by atoms with Crippen molar-refractivity contribution in [2.75, 3.05) is 18.2 Å². The lowest BCUT2D eigenvalue weighted by Gasteiger charge is -2.14. The third kappa shape index (κ3) is 2.91. The zero-order valence-electron chi connectivity index (χ0n) is 14.6. The molecule has 3 N–H and O–H groups in total. The lowest BCUT2D eigenvalue weighted by molar-refractivity contribution is 0.415. The van der Waals surface area contributed by atoms with Crippen LogP contribution in [0, 0.1) is 18.3 Å². The van der Waals surface area contributed by atoms with Crippen molar-refractivity contribution in [3.8, 4) is 11.8 Å². The highest BCUT2D eigenvalue weighted by atomic mass is 35.5. The maximum absolute atomic E-state index is 9.60. The fourth-order valence-electron chi connectivity index (χ4n) is 3.00. The lowest BCUT2D eigenvalue weighted by atomic mass is 10.1. The van der Waals surface area contributed by atoms with E-state index in [0.717, 1.165) is 37.2 Å². The first-order valence-electron chi connectivity index (χ1n) is 8.14. The van der Waals surface area contributed by atoms with Gasteiger partial charge in [-0.3, -0.25) is 4.98 Å². The Kier molecular flexibility index (Phi) is 4.27. The number of anilines is 3. The van der Waals surface area contributed by atoms with Gasteiger partial charge in [-0.2, -0.15) is 5.26 Å². The van der Waals surface area contributed by atoms with Crippen LogP contribution in [0.4, 0.5) is 17.1 Å². The number of aromatic nitrogens is 1.